The topological polar surface area (TPSA) is 59.4 Å². The van der Waals surface area contributed by atoms with E-state index in [0.29, 0.717) is 0 Å². The number of rotatable bonds is 3. The Kier molecular flexibility index (Phi) is 3.97. The summed E-state index contributed by atoms with van der Waals surface area (Å²) >= 11 is 1.48. The Balaban J connectivity index is 2.06. The first-order valence-electron chi connectivity index (χ1n) is 6.61. The van der Waals surface area contributed by atoms with Crippen LogP contribution in [0, 0.1) is 11.3 Å². The number of nitrogens with zero attached hydrogens (tertiary/aromatic N) is 1. The molecule has 4 nitrogen and oxygen atoms in total. The molecule has 1 aliphatic carbocycles. The van der Waals surface area contributed by atoms with Gasteiger partial charge in [0, 0.05) is 11.6 Å². The predicted molar refractivity (Wildman–Crippen MR) is 73.8 cm³/mol. The van der Waals surface area contributed by atoms with Crippen molar-refractivity contribution in [3.8, 4) is 0 Å². The number of carbonyl (C=O) groups is 1. The molecule has 1 aliphatic rings. The number of ether oxygens (including phenoxy) is 1. The van der Waals surface area contributed by atoms with Crippen LogP contribution in [0.5, 0.6) is 0 Å². The molecule has 5 heteroatoms. The van der Waals surface area contributed by atoms with Crippen molar-refractivity contribution < 1.29 is 14.6 Å². The van der Waals surface area contributed by atoms with Crippen LogP contribution < -0.4 is 0 Å². The molecule has 19 heavy (non-hydrogen) atoms. The first kappa shape index (κ1) is 14.5. The number of aromatic nitrogens is 1. The molecule has 1 saturated carbocycles. The van der Waals surface area contributed by atoms with Gasteiger partial charge < -0.3 is 9.84 Å². The molecule has 0 spiro atoms. The Labute approximate surface area is 117 Å². The maximum atomic E-state index is 11.8. The van der Waals surface area contributed by atoms with Crippen molar-refractivity contribution in [3.63, 3.8) is 0 Å². The van der Waals surface area contributed by atoms with Gasteiger partial charge in [0.15, 0.2) is 0 Å². The standard InChI is InChI=1S/C14H21NO3S/c1-13(12(16)18-3)6-4-10(5-7-13)14(2,17)11-15-8-9-19-11/h8-10,17H,4-7H2,1-3H3. The minimum Gasteiger partial charge on any atom is -0.469 e. The monoisotopic (exact) mass is 283 g/mol. The van der Waals surface area contributed by atoms with Gasteiger partial charge in [0.25, 0.3) is 0 Å². The van der Waals surface area contributed by atoms with E-state index in [1.807, 2.05) is 19.2 Å². The number of hydrogen-bond acceptors (Lipinski definition) is 5. The molecule has 2 rings (SSSR count). The van der Waals surface area contributed by atoms with Crippen LogP contribution in [-0.2, 0) is 15.1 Å². The van der Waals surface area contributed by atoms with E-state index in [-0.39, 0.29) is 11.9 Å². The van der Waals surface area contributed by atoms with Crippen LogP contribution in [0.1, 0.15) is 44.5 Å². The van der Waals surface area contributed by atoms with Crippen molar-refractivity contribution in [3.05, 3.63) is 16.6 Å². The van der Waals surface area contributed by atoms with Crippen LogP contribution in [0.2, 0.25) is 0 Å². The molecule has 0 radical (unpaired) electrons. The Morgan fingerprint density at radius 2 is 2.21 bits per heavy atom. The molecular formula is C14H21NO3S. The van der Waals surface area contributed by atoms with Gasteiger partial charge >= 0.3 is 5.97 Å². The van der Waals surface area contributed by atoms with Crippen LogP contribution in [0.25, 0.3) is 0 Å². The van der Waals surface area contributed by atoms with Crippen molar-refractivity contribution in [2.24, 2.45) is 11.3 Å². The van der Waals surface area contributed by atoms with Crippen LogP contribution in [0.4, 0.5) is 0 Å². The maximum absolute atomic E-state index is 11.8. The Bertz CT molecular complexity index is 434. The zero-order chi connectivity index (χ0) is 14.1. The van der Waals surface area contributed by atoms with E-state index < -0.39 is 11.0 Å². The fourth-order valence-electron chi connectivity index (χ4n) is 2.92. The normalized spacial score (nSPS) is 30.6. The van der Waals surface area contributed by atoms with Gasteiger partial charge in [0.1, 0.15) is 10.6 Å². The number of methoxy groups -OCH3 is 1. The highest BCUT2D eigenvalue weighted by molar-refractivity contribution is 7.09. The molecule has 0 saturated heterocycles. The second-order valence-corrected chi connectivity index (χ2v) is 6.71. The highest BCUT2D eigenvalue weighted by Gasteiger charge is 2.44. The predicted octanol–water partition coefficient (Wildman–Crippen LogP) is 2.72. The van der Waals surface area contributed by atoms with E-state index >= 15 is 0 Å². The summed E-state index contributed by atoms with van der Waals surface area (Å²) in [5.41, 5.74) is -1.30. The van der Waals surface area contributed by atoms with Gasteiger partial charge in [0.2, 0.25) is 0 Å². The summed E-state index contributed by atoms with van der Waals surface area (Å²) in [5.74, 6) is 0.0104. The third-order valence-corrected chi connectivity index (χ3v) is 5.43. The van der Waals surface area contributed by atoms with E-state index in [2.05, 4.69) is 4.98 Å². The second kappa shape index (κ2) is 5.21. The molecule has 0 amide bonds. The Hall–Kier alpha value is -0.940. The Morgan fingerprint density at radius 1 is 1.58 bits per heavy atom. The van der Waals surface area contributed by atoms with Crippen molar-refractivity contribution in [1.82, 2.24) is 4.98 Å². The van der Waals surface area contributed by atoms with E-state index in [1.165, 1.54) is 18.4 Å². The number of thiazole rings is 1. The largest absolute Gasteiger partial charge is 0.469 e. The van der Waals surface area contributed by atoms with Crippen molar-refractivity contribution in [2.45, 2.75) is 45.1 Å². The van der Waals surface area contributed by atoms with Gasteiger partial charge in [-0.2, -0.15) is 0 Å². The average Bonchev–Trinajstić information content (AvgIpc) is 2.93. The highest BCUT2D eigenvalue weighted by Crippen LogP contribution is 2.46. The summed E-state index contributed by atoms with van der Waals surface area (Å²) in [6.45, 7) is 3.78. The van der Waals surface area contributed by atoms with Gasteiger partial charge in [-0.05, 0) is 45.4 Å². The summed E-state index contributed by atoms with van der Waals surface area (Å²) in [4.78, 5) is 16.0. The molecular weight excluding hydrogens is 262 g/mol. The van der Waals surface area contributed by atoms with E-state index in [9.17, 15) is 9.90 Å². The van der Waals surface area contributed by atoms with Crippen LogP contribution >= 0.6 is 11.3 Å². The number of hydrogen-bond donors (Lipinski definition) is 1. The molecule has 1 atom stereocenters. The van der Waals surface area contributed by atoms with Gasteiger partial charge in [-0.1, -0.05) is 0 Å². The summed E-state index contributed by atoms with van der Waals surface area (Å²) < 4.78 is 4.87. The summed E-state index contributed by atoms with van der Waals surface area (Å²) in [6.07, 6.45) is 4.87. The SMILES string of the molecule is COC(=O)C1(C)CCC(C(C)(O)c2nccs2)CC1. The molecule has 0 bridgehead atoms. The lowest BCUT2D eigenvalue weighted by Gasteiger charge is -2.40. The molecule has 1 aromatic heterocycles. The third-order valence-electron chi connectivity index (χ3n) is 4.43. The number of esters is 1. The fraction of sp³-hybridized carbons (Fsp3) is 0.714. The van der Waals surface area contributed by atoms with E-state index in [4.69, 9.17) is 4.74 Å². The molecule has 106 valence electrons. The third kappa shape index (κ3) is 2.67. The van der Waals surface area contributed by atoms with Crippen molar-refractivity contribution in [1.29, 1.82) is 0 Å². The van der Waals surface area contributed by atoms with Crippen molar-refractivity contribution in [2.75, 3.05) is 7.11 Å². The molecule has 1 N–H and O–H groups in total. The van der Waals surface area contributed by atoms with Gasteiger partial charge in [-0.3, -0.25) is 4.79 Å². The zero-order valence-corrected chi connectivity index (χ0v) is 12.5. The summed E-state index contributed by atoms with van der Waals surface area (Å²) in [5, 5.41) is 13.3. The molecule has 0 aliphatic heterocycles. The average molecular weight is 283 g/mol. The molecule has 1 fully saturated rings. The smallest absolute Gasteiger partial charge is 0.311 e. The van der Waals surface area contributed by atoms with E-state index in [0.717, 1.165) is 30.7 Å². The minimum atomic E-state index is -0.897. The lowest BCUT2D eigenvalue weighted by molar-refractivity contribution is -0.156. The number of carbonyl (C=O) groups excluding carboxylic acids is 1. The second-order valence-electron chi connectivity index (χ2n) is 5.81. The highest BCUT2D eigenvalue weighted by atomic mass is 32.1. The first-order valence-corrected chi connectivity index (χ1v) is 7.49. The van der Waals surface area contributed by atoms with Crippen LogP contribution in [0.3, 0.4) is 0 Å². The molecule has 1 aromatic rings. The fourth-order valence-corrected chi connectivity index (χ4v) is 3.69. The lowest BCUT2D eigenvalue weighted by Crippen LogP contribution is -2.40. The Morgan fingerprint density at radius 3 is 2.68 bits per heavy atom. The van der Waals surface area contributed by atoms with Gasteiger partial charge in [0.05, 0.1) is 12.5 Å². The minimum absolute atomic E-state index is 0.139. The molecule has 1 heterocycles. The lowest BCUT2D eigenvalue weighted by atomic mass is 9.67. The van der Waals surface area contributed by atoms with Gasteiger partial charge in [-0.15, -0.1) is 11.3 Å². The van der Waals surface area contributed by atoms with Crippen LogP contribution in [-0.4, -0.2) is 23.2 Å². The van der Waals surface area contributed by atoms with Gasteiger partial charge in [-0.25, -0.2) is 4.98 Å². The molecule has 1 unspecified atom stereocenters. The number of aliphatic hydroxyl groups is 1. The molecule has 0 aromatic carbocycles. The van der Waals surface area contributed by atoms with Crippen molar-refractivity contribution >= 4 is 17.3 Å². The zero-order valence-electron chi connectivity index (χ0n) is 11.7. The first-order chi connectivity index (χ1) is 8.90. The quantitative estimate of drug-likeness (QED) is 0.867. The van der Waals surface area contributed by atoms with Crippen LogP contribution in [0.15, 0.2) is 11.6 Å². The summed E-state index contributed by atoms with van der Waals surface area (Å²) in [7, 11) is 1.44. The summed E-state index contributed by atoms with van der Waals surface area (Å²) in [6, 6.07) is 0. The maximum Gasteiger partial charge on any atom is 0.311 e. The van der Waals surface area contributed by atoms with E-state index in [1.54, 1.807) is 6.20 Å².